The number of aliphatic hydroxyl groups is 1. The van der Waals surface area contributed by atoms with Crippen LogP contribution < -0.4 is 10.6 Å². The van der Waals surface area contributed by atoms with Crippen molar-refractivity contribution in [1.82, 2.24) is 10.6 Å². The Hall–Kier alpha value is -1.88. The Morgan fingerprint density at radius 1 is 1.00 bits per heavy atom. The normalized spacial score (nSPS) is 22.1. The van der Waals surface area contributed by atoms with Crippen LogP contribution >= 0.6 is 12.4 Å². The smallest absolute Gasteiger partial charge is 0.232 e. The van der Waals surface area contributed by atoms with E-state index in [1.54, 1.807) is 0 Å². The molecule has 0 saturated carbocycles. The van der Waals surface area contributed by atoms with Crippen molar-refractivity contribution >= 4 is 18.3 Å². The number of β-amino-alcohol motifs (C(OH)–C–C–N with tert-alkyl or cyclic N) is 1. The minimum absolute atomic E-state index is 0. The topological polar surface area (TPSA) is 61.4 Å². The van der Waals surface area contributed by atoms with Gasteiger partial charge in [0.05, 0.1) is 18.1 Å². The minimum Gasteiger partial charge on any atom is -0.390 e. The van der Waals surface area contributed by atoms with Gasteiger partial charge in [0.15, 0.2) is 0 Å². The first kappa shape index (κ1) is 16.0. The molecule has 2 aromatic rings. The lowest BCUT2D eigenvalue weighted by Gasteiger charge is -2.19. The molecule has 0 aromatic heterocycles. The van der Waals surface area contributed by atoms with Crippen LogP contribution in [0.5, 0.6) is 0 Å². The highest BCUT2D eigenvalue weighted by atomic mass is 35.5. The van der Waals surface area contributed by atoms with Crippen LogP contribution in [0, 0.1) is 0 Å². The molecule has 1 saturated heterocycles. The van der Waals surface area contributed by atoms with Gasteiger partial charge in [0, 0.05) is 13.1 Å². The number of rotatable bonds is 2. The second kappa shape index (κ2) is 6.32. The van der Waals surface area contributed by atoms with Gasteiger partial charge in [0.2, 0.25) is 5.91 Å². The zero-order chi connectivity index (χ0) is 15.1. The monoisotopic (exact) mass is 330 g/mol. The van der Waals surface area contributed by atoms with Gasteiger partial charge in [0.25, 0.3) is 0 Å². The average Bonchev–Trinajstić information content (AvgIpc) is 3.09. The van der Waals surface area contributed by atoms with E-state index in [0.717, 1.165) is 22.3 Å². The Bertz CT molecular complexity index is 689. The lowest BCUT2D eigenvalue weighted by molar-refractivity contribution is -0.122. The van der Waals surface area contributed by atoms with Crippen molar-refractivity contribution in [1.29, 1.82) is 0 Å². The van der Waals surface area contributed by atoms with Crippen molar-refractivity contribution in [2.24, 2.45) is 0 Å². The van der Waals surface area contributed by atoms with Gasteiger partial charge >= 0.3 is 0 Å². The van der Waals surface area contributed by atoms with Gasteiger partial charge in [0.1, 0.15) is 0 Å². The number of halogens is 1. The molecule has 1 amide bonds. The lowest BCUT2D eigenvalue weighted by Crippen LogP contribution is -2.44. The lowest BCUT2D eigenvalue weighted by atomic mass is 9.95. The molecule has 1 heterocycles. The SMILES string of the molecule is Cl.O=C(N[C@@H]1CNC[C@H]1O)C1c2ccccc2-c2ccccc21. The third kappa shape index (κ3) is 2.63. The van der Waals surface area contributed by atoms with Gasteiger partial charge in [-0.2, -0.15) is 0 Å². The summed E-state index contributed by atoms with van der Waals surface area (Å²) in [4.78, 5) is 12.8. The van der Waals surface area contributed by atoms with Crippen molar-refractivity contribution < 1.29 is 9.90 Å². The van der Waals surface area contributed by atoms with E-state index >= 15 is 0 Å². The first-order chi connectivity index (χ1) is 10.8. The van der Waals surface area contributed by atoms with Crippen LogP contribution in [0.1, 0.15) is 17.0 Å². The summed E-state index contributed by atoms with van der Waals surface area (Å²) in [7, 11) is 0. The van der Waals surface area contributed by atoms with E-state index in [4.69, 9.17) is 0 Å². The van der Waals surface area contributed by atoms with Crippen molar-refractivity contribution in [3.8, 4) is 11.1 Å². The molecule has 2 atom stereocenters. The molecule has 1 aliphatic carbocycles. The van der Waals surface area contributed by atoms with Crippen LogP contribution in [0.15, 0.2) is 48.5 Å². The maximum atomic E-state index is 12.8. The van der Waals surface area contributed by atoms with E-state index in [0.29, 0.717) is 13.1 Å². The number of amides is 1. The summed E-state index contributed by atoms with van der Waals surface area (Å²) < 4.78 is 0. The summed E-state index contributed by atoms with van der Waals surface area (Å²) in [5.74, 6) is -0.328. The van der Waals surface area contributed by atoms with Crippen LogP contribution in [0.25, 0.3) is 11.1 Å². The standard InChI is InChI=1S/C18H18N2O2.ClH/c21-16-10-19-9-15(16)20-18(22)17-13-7-3-1-5-11(13)12-6-2-4-8-14(12)17;/h1-8,15-17,19,21H,9-10H2,(H,20,22);1H/t15-,16-;/m1./s1. The Kier molecular flexibility index (Phi) is 4.39. The van der Waals surface area contributed by atoms with E-state index in [9.17, 15) is 9.90 Å². The van der Waals surface area contributed by atoms with Gasteiger partial charge < -0.3 is 15.7 Å². The molecule has 5 heteroatoms. The molecule has 120 valence electrons. The van der Waals surface area contributed by atoms with Crippen LogP contribution in [0.3, 0.4) is 0 Å². The zero-order valence-electron chi connectivity index (χ0n) is 12.5. The van der Waals surface area contributed by atoms with Gasteiger partial charge in [-0.15, -0.1) is 12.4 Å². The minimum atomic E-state index is -0.518. The molecule has 0 radical (unpaired) electrons. The number of aliphatic hydroxyl groups excluding tert-OH is 1. The van der Waals surface area contributed by atoms with E-state index in [1.165, 1.54) is 0 Å². The number of hydrogen-bond donors (Lipinski definition) is 3. The predicted octanol–water partition coefficient (Wildman–Crippen LogP) is 1.67. The molecule has 0 unspecified atom stereocenters. The number of benzene rings is 2. The van der Waals surface area contributed by atoms with Crippen LogP contribution in [0.2, 0.25) is 0 Å². The number of fused-ring (bicyclic) bond motifs is 3. The molecule has 0 bridgehead atoms. The van der Waals surface area contributed by atoms with Crippen molar-refractivity contribution in [2.75, 3.05) is 13.1 Å². The zero-order valence-corrected chi connectivity index (χ0v) is 13.3. The highest BCUT2D eigenvalue weighted by Gasteiger charge is 2.36. The molecule has 1 fully saturated rings. The van der Waals surface area contributed by atoms with Crippen LogP contribution in [0.4, 0.5) is 0 Å². The quantitative estimate of drug-likeness (QED) is 0.785. The molecular formula is C18H19ClN2O2. The Balaban J connectivity index is 0.00000156. The van der Waals surface area contributed by atoms with Gasteiger partial charge in [-0.05, 0) is 22.3 Å². The molecule has 2 aromatic carbocycles. The average molecular weight is 331 g/mol. The first-order valence-corrected chi connectivity index (χ1v) is 7.63. The Morgan fingerprint density at radius 2 is 1.57 bits per heavy atom. The fraction of sp³-hybridized carbons (Fsp3) is 0.278. The van der Waals surface area contributed by atoms with Crippen LogP contribution in [-0.2, 0) is 4.79 Å². The fourth-order valence-electron chi connectivity index (χ4n) is 3.52. The largest absolute Gasteiger partial charge is 0.390 e. The predicted molar refractivity (Wildman–Crippen MR) is 91.8 cm³/mol. The summed E-state index contributed by atoms with van der Waals surface area (Å²) in [5.41, 5.74) is 4.34. The maximum absolute atomic E-state index is 12.8. The molecule has 1 aliphatic heterocycles. The van der Waals surface area contributed by atoms with Crippen molar-refractivity contribution in [2.45, 2.75) is 18.1 Å². The third-order valence-corrected chi connectivity index (χ3v) is 4.61. The maximum Gasteiger partial charge on any atom is 0.232 e. The Morgan fingerprint density at radius 3 is 2.09 bits per heavy atom. The second-order valence-corrected chi connectivity index (χ2v) is 5.95. The number of carbonyl (C=O) groups is 1. The van der Waals surface area contributed by atoms with Crippen molar-refractivity contribution in [3.63, 3.8) is 0 Å². The van der Waals surface area contributed by atoms with E-state index < -0.39 is 6.10 Å². The van der Waals surface area contributed by atoms with Gasteiger partial charge in [-0.3, -0.25) is 4.79 Å². The molecule has 3 N–H and O–H groups in total. The van der Waals surface area contributed by atoms with E-state index in [2.05, 4.69) is 22.8 Å². The van der Waals surface area contributed by atoms with Gasteiger partial charge in [-0.25, -0.2) is 0 Å². The Labute approximate surface area is 141 Å². The summed E-state index contributed by atoms with van der Waals surface area (Å²) in [6, 6.07) is 15.9. The number of hydrogen-bond acceptors (Lipinski definition) is 3. The number of nitrogens with one attached hydrogen (secondary N) is 2. The highest BCUT2D eigenvalue weighted by molar-refractivity contribution is 5.96. The molecule has 23 heavy (non-hydrogen) atoms. The highest BCUT2D eigenvalue weighted by Crippen LogP contribution is 2.44. The fourth-order valence-corrected chi connectivity index (χ4v) is 3.52. The third-order valence-electron chi connectivity index (χ3n) is 4.61. The first-order valence-electron chi connectivity index (χ1n) is 7.63. The van der Waals surface area contributed by atoms with E-state index in [1.807, 2.05) is 36.4 Å². The summed E-state index contributed by atoms with van der Waals surface area (Å²) in [6.45, 7) is 1.14. The van der Waals surface area contributed by atoms with Gasteiger partial charge in [-0.1, -0.05) is 48.5 Å². The van der Waals surface area contributed by atoms with E-state index in [-0.39, 0.29) is 30.3 Å². The molecule has 2 aliphatic rings. The molecular weight excluding hydrogens is 312 g/mol. The summed E-state index contributed by atoms with van der Waals surface area (Å²) >= 11 is 0. The summed E-state index contributed by atoms with van der Waals surface area (Å²) in [6.07, 6.45) is -0.518. The second-order valence-electron chi connectivity index (χ2n) is 5.95. The summed E-state index contributed by atoms with van der Waals surface area (Å²) in [5, 5.41) is 16.0. The van der Waals surface area contributed by atoms with Crippen LogP contribution in [-0.4, -0.2) is 36.2 Å². The number of carbonyl (C=O) groups excluding carboxylic acids is 1. The molecule has 4 rings (SSSR count). The van der Waals surface area contributed by atoms with Crippen molar-refractivity contribution in [3.05, 3.63) is 59.7 Å². The molecule has 0 spiro atoms. The molecule has 4 nitrogen and oxygen atoms in total.